The highest BCUT2D eigenvalue weighted by atomic mass is 16.5. The molecule has 0 aliphatic carbocycles. The third kappa shape index (κ3) is 2.27. The van der Waals surface area contributed by atoms with E-state index in [1.807, 2.05) is 20.0 Å². The Morgan fingerprint density at radius 3 is 2.89 bits per heavy atom. The second kappa shape index (κ2) is 4.90. The lowest BCUT2D eigenvalue weighted by Crippen LogP contribution is -2.04. The van der Waals surface area contributed by atoms with Gasteiger partial charge in [0, 0.05) is 29.7 Å². The molecule has 4 nitrogen and oxygen atoms in total. The Kier molecular flexibility index (Phi) is 3.09. The summed E-state index contributed by atoms with van der Waals surface area (Å²) in [4.78, 5) is 0. The van der Waals surface area contributed by atoms with E-state index < -0.39 is 0 Å². The van der Waals surface area contributed by atoms with Crippen molar-refractivity contribution in [1.82, 2.24) is 15.0 Å². The Labute approximate surface area is 112 Å². The molecule has 2 heterocycles. The molecule has 0 aliphatic heterocycles. The fourth-order valence-corrected chi connectivity index (χ4v) is 2.45. The van der Waals surface area contributed by atoms with E-state index in [2.05, 4.69) is 45.5 Å². The Bertz CT molecular complexity index is 696. The molecule has 3 rings (SSSR count). The molecule has 0 unspecified atom stereocenters. The van der Waals surface area contributed by atoms with E-state index in [0.29, 0.717) is 0 Å². The number of hydrogen-bond donors (Lipinski definition) is 1. The third-order valence-electron chi connectivity index (χ3n) is 3.25. The van der Waals surface area contributed by atoms with Crippen LogP contribution in [-0.4, -0.2) is 16.8 Å². The summed E-state index contributed by atoms with van der Waals surface area (Å²) in [6.07, 6.45) is 2.19. The van der Waals surface area contributed by atoms with E-state index >= 15 is 0 Å². The Hall–Kier alpha value is -2.07. The standard InChI is InChI=1S/C15H17N3O/c1-11-7-13(17-19-11)10-18-9-12(8-16-2)14-5-3-4-6-15(14)18/h3-7,9,16H,8,10H2,1-2H3. The van der Waals surface area contributed by atoms with Gasteiger partial charge >= 0.3 is 0 Å². The number of nitrogens with one attached hydrogen (secondary N) is 1. The molecule has 0 saturated heterocycles. The van der Waals surface area contributed by atoms with Crippen LogP contribution in [0.4, 0.5) is 0 Å². The van der Waals surface area contributed by atoms with Crippen molar-refractivity contribution in [1.29, 1.82) is 0 Å². The van der Waals surface area contributed by atoms with Gasteiger partial charge in [0.2, 0.25) is 0 Å². The monoisotopic (exact) mass is 255 g/mol. The van der Waals surface area contributed by atoms with Crippen molar-refractivity contribution in [2.45, 2.75) is 20.0 Å². The molecule has 0 bridgehead atoms. The lowest BCUT2D eigenvalue weighted by Gasteiger charge is -2.01. The molecule has 1 aromatic carbocycles. The second-order valence-corrected chi connectivity index (χ2v) is 4.76. The molecule has 0 amide bonds. The molecule has 0 atom stereocenters. The van der Waals surface area contributed by atoms with Crippen LogP contribution in [0.1, 0.15) is 17.0 Å². The van der Waals surface area contributed by atoms with Crippen LogP contribution in [0.15, 0.2) is 41.1 Å². The zero-order valence-electron chi connectivity index (χ0n) is 11.2. The zero-order chi connectivity index (χ0) is 13.2. The number of aryl methyl sites for hydroxylation is 1. The fraction of sp³-hybridized carbons (Fsp3) is 0.267. The van der Waals surface area contributed by atoms with Crippen LogP contribution in [0.25, 0.3) is 10.9 Å². The normalized spacial score (nSPS) is 11.3. The largest absolute Gasteiger partial charge is 0.361 e. The van der Waals surface area contributed by atoms with Crippen LogP contribution in [0.5, 0.6) is 0 Å². The first-order chi connectivity index (χ1) is 9.28. The summed E-state index contributed by atoms with van der Waals surface area (Å²) in [5, 5.41) is 8.56. The van der Waals surface area contributed by atoms with E-state index in [1.54, 1.807) is 0 Å². The summed E-state index contributed by atoms with van der Waals surface area (Å²) in [5.41, 5.74) is 3.49. The minimum absolute atomic E-state index is 0.738. The van der Waals surface area contributed by atoms with Crippen molar-refractivity contribution in [3.05, 3.63) is 53.5 Å². The van der Waals surface area contributed by atoms with Crippen LogP contribution in [0, 0.1) is 6.92 Å². The molecule has 0 aliphatic rings. The molecule has 98 valence electrons. The Morgan fingerprint density at radius 1 is 1.32 bits per heavy atom. The van der Waals surface area contributed by atoms with Gasteiger partial charge in [0.15, 0.2) is 0 Å². The first-order valence-corrected chi connectivity index (χ1v) is 6.41. The topological polar surface area (TPSA) is 43.0 Å². The smallest absolute Gasteiger partial charge is 0.133 e. The maximum Gasteiger partial charge on any atom is 0.133 e. The van der Waals surface area contributed by atoms with E-state index in [9.17, 15) is 0 Å². The van der Waals surface area contributed by atoms with Gasteiger partial charge in [0.05, 0.1) is 6.54 Å². The van der Waals surface area contributed by atoms with Gasteiger partial charge in [-0.3, -0.25) is 0 Å². The van der Waals surface area contributed by atoms with Gasteiger partial charge in [0.25, 0.3) is 0 Å². The van der Waals surface area contributed by atoms with Gasteiger partial charge in [0.1, 0.15) is 11.5 Å². The number of para-hydroxylation sites is 1. The number of hydrogen-bond acceptors (Lipinski definition) is 3. The predicted octanol–water partition coefficient (Wildman–Crippen LogP) is 2.71. The summed E-state index contributed by atoms with van der Waals surface area (Å²) < 4.78 is 7.35. The average molecular weight is 255 g/mol. The van der Waals surface area contributed by atoms with E-state index in [1.165, 1.54) is 16.5 Å². The quantitative estimate of drug-likeness (QED) is 0.779. The molecule has 19 heavy (non-hydrogen) atoms. The van der Waals surface area contributed by atoms with Crippen LogP contribution < -0.4 is 5.32 Å². The highest BCUT2D eigenvalue weighted by Gasteiger charge is 2.09. The van der Waals surface area contributed by atoms with Gasteiger partial charge in [-0.2, -0.15) is 0 Å². The number of benzene rings is 1. The molecule has 0 spiro atoms. The van der Waals surface area contributed by atoms with Crippen molar-refractivity contribution in [3.8, 4) is 0 Å². The first kappa shape index (κ1) is 12.0. The molecule has 1 N–H and O–H groups in total. The van der Waals surface area contributed by atoms with Crippen molar-refractivity contribution in [2.75, 3.05) is 7.05 Å². The van der Waals surface area contributed by atoms with E-state index in [0.717, 1.165) is 24.5 Å². The van der Waals surface area contributed by atoms with Crippen LogP contribution in [0.3, 0.4) is 0 Å². The minimum Gasteiger partial charge on any atom is -0.361 e. The Morgan fingerprint density at radius 2 is 2.16 bits per heavy atom. The average Bonchev–Trinajstić information content (AvgIpc) is 2.97. The van der Waals surface area contributed by atoms with Crippen molar-refractivity contribution >= 4 is 10.9 Å². The minimum atomic E-state index is 0.738. The summed E-state index contributed by atoms with van der Waals surface area (Å²) in [7, 11) is 1.97. The molecular weight excluding hydrogens is 238 g/mol. The number of aromatic nitrogens is 2. The number of nitrogens with zero attached hydrogens (tertiary/aromatic N) is 2. The van der Waals surface area contributed by atoms with Gasteiger partial charge in [-0.05, 0) is 25.6 Å². The molecule has 0 radical (unpaired) electrons. The lowest BCUT2D eigenvalue weighted by molar-refractivity contribution is 0.389. The van der Waals surface area contributed by atoms with Crippen LogP contribution in [-0.2, 0) is 13.1 Å². The molecule has 2 aromatic heterocycles. The second-order valence-electron chi connectivity index (χ2n) is 4.76. The summed E-state index contributed by atoms with van der Waals surface area (Å²) in [6.45, 7) is 3.52. The van der Waals surface area contributed by atoms with Gasteiger partial charge in [-0.1, -0.05) is 23.4 Å². The molecule has 4 heteroatoms. The van der Waals surface area contributed by atoms with Crippen molar-refractivity contribution in [2.24, 2.45) is 0 Å². The van der Waals surface area contributed by atoms with Gasteiger partial charge in [-0.15, -0.1) is 0 Å². The highest BCUT2D eigenvalue weighted by Crippen LogP contribution is 2.22. The Balaban J connectivity index is 2.03. The number of fused-ring (bicyclic) bond motifs is 1. The molecule has 0 saturated carbocycles. The van der Waals surface area contributed by atoms with Crippen molar-refractivity contribution in [3.63, 3.8) is 0 Å². The number of rotatable bonds is 4. The fourth-order valence-electron chi connectivity index (χ4n) is 2.45. The van der Waals surface area contributed by atoms with Gasteiger partial charge in [-0.25, -0.2) is 0 Å². The van der Waals surface area contributed by atoms with E-state index in [4.69, 9.17) is 4.52 Å². The van der Waals surface area contributed by atoms with Crippen LogP contribution >= 0.6 is 0 Å². The maximum atomic E-state index is 5.13. The first-order valence-electron chi connectivity index (χ1n) is 6.41. The van der Waals surface area contributed by atoms with E-state index in [-0.39, 0.29) is 0 Å². The maximum absolute atomic E-state index is 5.13. The van der Waals surface area contributed by atoms with Gasteiger partial charge < -0.3 is 14.4 Å². The summed E-state index contributed by atoms with van der Waals surface area (Å²) in [5.74, 6) is 0.849. The summed E-state index contributed by atoms with van der Waals surface area (Å²) in [6, 6.07) is 10.4. The SMILES string of the molecule is CNCc1cn(Cc2cc(C)on2)c2ccccc12. The predicted molar refractivity (Wildman–Crippen MR) is 75.0 cm³/mol. The molecule has 3 aromatic rings. The van der Waals surface area contributed by atoms with Crippen LogP contribution in [0.2, 0.25) is 0 Å². The van der Waals surface area contributed by atoms with Crippen molar-refractivity contribution < 1.29 is 4.52 Å². The third-order valence-corrected chi connectivity index (χ3v) is 3.25. The molecular formula is C15H17N3O. The molecule has 0 fully saturated rings. The highest BCUT2D eigenvalue weighted by molar-refractivity contribution is 5.84. The summed E-state index contributed by atoms with van der Waals surface area (Å²) >= 11 is 0. The lowest BCUT2D eigenvalue weighted by atomic mass is 10.2. The zero-order valence-corrected chi connectivity index (χ0v) is 11.2.